The van der Waals surface area contributed by atoms with Gasteiger partial charge in [0.25, 0.3) is 0 Å². The molecule has 1 aliphatic heterocycles. The van der Waals surface area contributed by atoms with Crippen molar-refractivity contribution in [2.75, 3.05) is 20.2 Å². The Kier molecular flexibility index (Phi) is 6.01. The van der Waals surface area contributed by atoms with Crippen LogP contribution in [-0.2, 0) is 11.2 Å². The van der Waals surface area contributed by atoms with Gasteiger partial charge in [0.15, 0.2) is 0 Å². The van der Waals surface area contributed by atoms with Crippen LogP contribution in [-0.4, -0.2) is 47.2 Å². The molecule has 1 saturated carbocycles. The van der Waals surface area contributed by atoms with Crippen LogP contribution in [0, 0.1) is 11.8 Å². The monoisotopic (exact) mass is 392 g/mol. The number of fused-ring (bicyclic) bond motifs is 1. The third-order valence-corrected chi connectivity index (χ3v) is 5.63. The van der Waals surface area contributed by atoms with Gasteiger partial charge in [-0.2, -0.15) is 4.98 Å². The highest BCUT2D eigenvalue weighted by molar-refractivity contribution is 5.85. The van der Waals surface area contributed by atoms with Crippen molar-refractivity contribution in [3.8, 4) is 17.1 Å². The topological polar surface area (TPSA) is 94.5 Å². The van der Waals surface area contributed by atoms with Gasteiger partial charge in [0.2, 0.25) is 17.6 Å². The second kappa shape index (κ2) is 8.27. The third kappa shape index (κ3) is 4.09. The number of benzene rings is 1. The zero-order valence-electron chi connectivity index (χ0n) is 15.3. The molecule has 1 saturated heterocycles. The first kappa shape index (κ1) is 19.6. The number of methoxy groups -OCH3 is 1. The summed E-state index contributed by atoms with van der Waals surface area (Å²) in [7, 11) is 1.62. The molecule has 1 aliphatic carbocycles. The fraction of sp³-hybridized carbons (Fsp3) is 0.526. The summed E-state index contributed by atoms with van der Waals surface area (Å²) in [5.41, 5.74) is 7.00. The van der Waals surface area contributed by atoms with Crippen molar-refractivity contribution in [3.05, 3.63) is 30.2 Å². The molecule has 1 aromatic heterocycles. The smallest absolute Gasteiger partial charge is 0.227 e. The highest BCUT2D eigenvalue weighted by Crippen LogP contribution is 2.37. The van der Waals surface area contributed by atoms with Crippen molar-refractivity contribution >= 4 is 18.3 Å². The Morgan fingerprint density at radius 3 is 2.78 bits per heavy atom. The average Bonchev–Trinajstić information content (AvgIpc) is 3.37. The zero-order valence-corrected chi connectivity index (χ0v) is 16.2. The number of rotatable bonds is 5. The molecule has 8 heteroatoms. The van der Waals surface area contributed by atoms with Gasteiger partial charge in [0, 0.05) is 37.5 Å². The van der Waals surface area contributed by atoms with E-state index in [1.54, 1.807) is 7.11 Å². The lowest BCUT2D eigenvalue weighted by atomic mass is 9.98. The minimum atomic E-state index is 0. The van der Waals surface area contributed by atoms with Crippen LogP contribution < -0.4 is 10.5 Å². The first-order valence-electron chi connectivity index (χ1n) is 9.14. The van der Waals surface area contributed by atoms with Gasteiger partial charge in [0.05, 0.1) is 7.11 Å². The van der Waals surface area contributed by atoms with E-state index in [-0.39, 0.29) is 24.4 Å². The van der Waals surface area contributed by atoms with Crippen LogP contribution in [0.15, 0.2) is 28.8 Å². The molecule has 0 spiro atoms. The van der Waals surface area contributed by atoms with E-state index in [9.17, 15) is 4.79 Å². The number of carbonyl (C=O) groups excluding carboxylic acids is 1. The summed E-state index contributed by atoms with van der Waals surface area (Å²) < 4.78 is 10.4. The maximum absolute atomic E-state index is 12.5. The highest BCUT2D eigenvalue weighted by Gasteiger charge is 2.42. The Morgan fingerprint density at radius 2 is 2.07 bits per heavy atom. The Morgan fingerprint density at radius 1 is 1.30 bits per heavy atom. The van der Waals surface area contributed by atoms with E-state index in [4.69, 9.17) is 15.0 Å². The number of halogens is 1. The fourth-order valence-corrected chi connectivity index (χ4v) is 4.10. The van der Waals surface area contributed by atoms with Crippen LogP contribution in [0.3, 0.4) is 0 Å². The molecule has 146 valence electrons. The summed E-state index contributed by atoms with van der Waals surface area (Å²) in [6, 6.07) is 7.71. The third-order valence-electron chi connectivity index (χ3n) is 5.63. The van der Waals surface area contributed by atoms with E-state index in [0.29, 0.717) is 36.4 Å². The number of hydrogen-bond acceptors (Lipinski definition) is 6. The Bertz CT molecular complexity index is 780. The van der Waals surface area contributed by atoms with Gasteiger partial charge in [-0.3, -0.25) is 4.79 Å². The molecule has 7 nitrogen and oxygen atoms in total. The van der Waals surface area contributed by atoms with Gasteiger partial charge in [-0.05, 0) is 48.9 Å². The first-order chi connectivity index (χ1) is 12.6. The number of carbonyl (C=O) groups is 1. The molecule has 2 aromatic rings. The number of nitrogens with zero attached hydrogens (tertiary/aromatic N) is 3. The number of hydrogen-bond donors (Lipinski definition) is 1. The van der Waals surface area contributed by atoms with E-state index < -0.39 is 0 Å². The van der Waals surface area contributed by atoms with Crippen LogP contribution in [0.1, 0.15) is 25.2 Å². The van der Waals surface area contributed by atoms with Crippen molar-refractivity contribution in [3.63, 3.8) is 0 Å². The van der Waals surface area contributed by atoms with E-state index in [0.717, 1.165) is 37.2 Å². The lowest BCUT2D eigenvalue weighted by Crippen LogP contribution is -2.33. The molecule has 2 N–H and O–H groups in total. The second-order valence-electron chi connectivity index (χ2n) is 7.20. The zero-order chi connectivity index (χ0) is 18.1. The van der Waals surface area contributed by atoms with Gasteiger partial charge in [-0.15, -0.1) is 12.4 Å². The van der Waals surface area contributed by atoms with E-state index >= 15 is 0 Å². The maximum atomic E-state index is 12.5. The normalized spacial score (nSPS) is 23.8. The molecular weight excluding hydrogens is 368 g/mol. The second-order valence-corrected chi connectivity index (χ2v) is 7.20. The summed E-state index contributed by atoms with van der Waals surface area (Å²) in [6.45, 7) is 1.64. The molecule has 2 aliphatic rings. The van der Waals surface area contributed by atoms with Crippen LogP contribution >= 0.6 is 12.4 Å². The summed E-state index contributed by atoms with van der Waals surface area (Å²) in [5.74, 6) is 2.99. The summed E-state index contributed by atoms with van der Waals surface area (Å²) >= 11 is 0. The molecule has 1 aromatic carbocycles. The first-order valence-corrected chi connectivity index (χ1v) is 9.14. The summed E-state index contributed by atoms with van der Waals surface area (Å²) in [4.78, 5) is 18.8. The lowest BCUT2D eigenvalue weighted by molar-refractivity contribution is -0.130. The predicted molar refractivity (Wildman–Crippen MR) is 103 cm³/mol. The van der Waals surface area contributed by atoms with Gasteiger partial charge < -0.3 is 19.9 Å². The molecule has 3 atom stereocenters. The predicted octanol–water partition coefficient (Wildman–Crippen LogP) is 2.30. The SMILES string of the molecule is COc1ccc(-c2noc(CCC(=O)N3CC4CCC(N)C4C3)n2)cc1.Cl. The quantitative estimate of drug-likeness (QED) is 0.838. The van der Waals surface area contributed by atoms with Gasteiger partial charge >= 0.3 is 0 Å². The summed E-state index contributed by atoms with van der Waals surface area (Å²) in [6.07, 6.45) is 3.08. The van der Waals surface area contributed by atoms with Crippen molar-refractivity contribution in [2.24, 2.45) is 17.6 Å². The number of nitrogens with two attached hydrogens (primary N) is 1. The average molecular weight is 393 g/mol. The molecule has 1 amide bonds. The fourth-order valence-electron chi connectivity index (χ4n) is 4.10. The number of aryl methyl sites for hydroxylation is 1. The molecule has 3 unspecified atom stereocenters. The van der Waals surface area contributed by atoms with Crippen molar-refractivity contribution in [2.45, 2.75) is 31.7 Å². The standard InChI is InChI=1S/C19H24N4O3.ClH/c1-25-14-5-2-12(3-6-14)19-21-17(26-22-19)8-9-18(24)23-10-13-4-7-16(20)15(13)11-23;/h2-3,5-6,13,15-16H,4,7-11,20H2,1H3;1H. The number of amides is 1. The van der Waals surface area contributed by atoms with Crippen molar-refractivity contribution < 1.29 is 14.1 Å². The molecule has 0 radical (unpaired) electrons. The van der Waals surface area contributed by atoms with Crippen molar-refractivity contribution in [1.82, 2.24) is 15.0 Å². The molecule has 2 fully saturated rings. The minimum Gasteiger partial charge on any atom is -0.497 e. The summed E-state index contributed by atoms with van der Waals surface area (Å²) in [5, 5.41) is 4.01. The van der Waals surface area contributed by atoms with Crippen LogP contribution in [0.2, 0.25) is 0 Å². The van der Waals surface area contributed by atoms with Crippen LogP contribution in [0.4, 0.5) is 0 Å². The molecule has 2 heterocycles. The minimum absolute atomic E-state index is 0. The molecule has 4 rings (SSSR count). The lowest BCUT2D eigenvalue weighted by Gasteiger charge is -2.18. The van der Waals surface area contributed by atoms with Crippen molar-refractivity contribution in [1.29, 1.82) is 0 Å². The van der Waals surface area contributed by atoms with Gasteiger partial charge in [-0.25, -0.2) is 0 Å². The van der Waals surface area contributed by atoms with Gasteiger partial charge in [0.1, 0.15) is 5.75 Å². The maximum Gasteiger partial charge on any atom is 0.227 e. The number of aromatic nitrogens is 2. The largest absolute Gasteiger partial charge is 0.497 e. The molecule has 0 bridgehead atoms. The van der Waals surface area contributed by atoms with E-state index in [2.05, 4.69) is 10.1 Å². The van der Waals surface area contributed by atoms with Crippen LogP contribution in [0.25, 0.3) is 11.4 Å². The number of ether oxygens (including phenoxy) is 1. The highest BCUT2D eigenvalue weighted by atomic mass is 35.5. The molecule has 27 heavy (non-hydrogen) atoms. The Hall–Kier alpha value is -2.12. The van der Waals surface area contributed by atoms with Crippen LogP contribution in [0.5, 0.6) is 5.75 Å². The molecular formula is C19H25ClN4O3. The number of likely N-dealkylation sites (tertiary alicyclic amines) is 1. The van der Waals surface area contributed by atoms with Gasteiger partial charge in [-0.1, -0.05) is 5.16 Å². The Labute approximate surface area is 164 Å². The van der Waals surface area contributed by atoms with E-state index in [1.807, 2.05) is 29.2 Å². The van der Waals surface area contributed by atoms with E-state index in [1.165, 1.54) is 0 Å². The Balaban J connectivity index is 0.00000210.